The minimum atomic E-state index is -3.87. The molecule has 1 aliphatic heterocycles. The number of amides is 1. The van der Waals surface area contributed by atoms with Crippen molar-refractivity contribution >= 4 is 27.2 Å². The van der Waals surface area contributed by atoms with Crippen LogP contribution in [0.15, 0.2) is 70.5 Å². The normalized spacial score (nSPS) is 15.9. The van der Waals surface area contributed by atoms with Gasteiger partial charge in [-0.2, -0.15) is 0 Å². The standard InChI is InChI=1S/C23H17NO4S/c25-22-18-6-1-2-7-20(18)29(27,28)21-13-16(9-11-19(21)22)23(26)24-17-10-8-14-4-3-5-15(14)12-17/h1-2,6-13H,3-5H2,(H,24,26). The smallest absolute Gasteiger partial charge is 0.255 e. The number of anilines is 1. The lowest BCUT2D eigenvalue weighted by Crippen LogP contribution is -2.21. The molecule has 6 heteroatoms. The van der Waals surface area contributed by atoms with E-state index in [-0.39, 0.29) is 32.3 Å². The van der Waals surface area contributed by atoms with Gasteiger partial charge in [-0.05, 0) is 72.9 Å². The fraction of sp³-hybridized carbons (Fsp3) is 0.130. The molecule has 0 atom stereocenters. The van der Waals surface area contributed by atoms with Gasteiger partial charge in [0.25, 0.3) is 5.91 Å². The highest BCUT2D eigenvalue weighted by atomic mass is 32.2. The highest BCUT2D eigenvalue weighted by Gasteiger charge is 2.35. The predicted octanol–water partition coefficient (Wildman–Crippen LogP) is 3.80. The van der Waals surface area contributed by atoms with Crippen molar-refractivity contribution in [3.63, 3.8) is 0 Å². The molecule has 0 spiro atoms. The van der Waals surface area contributed by atoms with E-state index in [9.17, 15) is 18.0 Å². The molecule has 0 saturated carbocycles. The van der Waals surface area contributed by atoms with Gasteiger partial charge in [0, 0.05) is 22.4 Å². The van der Waals surface area contributed by atoms with Gasteiger partial charge in [0.2, 0.25) is 9.84 Å². The van der Waals surface area contributed by atoms with E-state index in [1.807, 2.05) is 18.2 Å². The fourth-order valence-electron chi connectivity index (χ4n) is 4.08. The molecule has 1 aliphatic carbocycles. The summed E-state index contributed by atoms with van der Waals surface area (Å²) in [5.41, 5.74) is 3.67. The Morgan fingerprint density at radius 3 is 2.45 bits per heavy atom. The maximum atomic E-state index is 13.0. The Balaban J connectivity index is 1.51. The first-order valence-electron chi connectivity index (χ1n) is 9.41. The molecule has 2 aliphatic rings. The van der Waals surface area contributed by atoms with Crippen molar-refractivity contribution in [2.45, 2.75) is 29.1 Å². The summed E-state index contributed by atoms with van der Waals surface area (Å²) in [6.07, 6.45) is 3.17. The van der Waals surface area contributed by atoms with Crippen molar-refractivity contribution in [3.8, 4) is 0 Å². The molecule has 1 heterocycles. The number of nitrogens with one attached hydrogen (secondary N) is 1. The summed E-state index contributed by atoms with van der Waals surface area (Å²) >= 11 is 0. The van der Waals surface area contributed by atoms with Crippen LogP contribution in [0.1, 0.15) is 43.8 Å². The fourth-order valence-corrected chi connectivity index (χ4v) is 5.76. The Bertz CT molecular complexity index is 1310. The Morgan fingerprint density at radius 2 is 1.59 bits per heavy atom. The van der Waals surface area contributed by atoms with Crippen molar-refractivity contribution in [1.82, 2.24) is 0 Å². The molecule has 1 N–H and O–H groups in total. The number of benzene rings is 3. The lowest BCUT2D eigenvalue weighted by Gasteiger charge is -2.19. The van der Waals surface area contributed by atoms with Crippen LogP contribution in [0.25, 0.3) is 0 Å². The number of rotatable bonds is 2. The van der Waals surface area contributed by atoms with Crippen LogP contribution < -0.4 is 5.32 Å². The van der Waals surface area contributed by atoms with Crippen molar-refractivity contribution in [3.05, 3.63) is 88.5 Å². The first kappa shape index (κ1) is 17.8. The number of fused-ring (bicyclic) bond motifs is 3. The maximum Gasteiger partial charge on any atom is 0.255 e. The molecule has 0 fully saturated rings. The van der Waals surface area contributed by atoms with E-state index in [0.717, 1.165) is 19.3 Å². The third-order valence-corrected chi connectivity index (χ3v) is 7.41. The van der Waals surface area contributed by atoms with E-state index in [1.54, 1.807) is 12.1 Å². The minimum Gasteiger partial charge on any atom is -0.322 e. The third-order valence-electron chi connectivity index (χ3n) is 5.56. The second-order valence-electron chi connectivity index (χ2n) is 7.33. The highest BCUT2D eigenvalue weighted by Crippen LogP contribution is 2.35. The Morgan fingerprint density at radius 1 is 0.828 bits per heavy atom. The molecule has 144 valence electrons. The molecular formula is C23H17NO4S. The van der Waals surface area contributed by atoms with E-state index in [4.69, 9.17) is 0 Å². The average Bonchev–Trinajstić information content (AvgIpc) is 3.20. The zero-order valence-corrected chi connectivity index (χ0v) is 16.3. The van der Waals surface area contributed by atoms with Gasteiger partial charge in [-0.25, -0.2) is 8.42 Å². The average molecular weight is 403 g/mol. The summed E-state index contributed by atoms with van der Waals surface area (Å²) in [5, 5.41) is 2.83. The number of carbonyl (C=O) groups excluding carboxylic acids is 2. The number of aryl methyl sites for hydroxylation is 2. The largest absolute Gasteiger partial charge is 0.322 e. The van der Waals surface area contributed by atoms with Crippen molar-refractivity contribution in [2.24, 2.45) is 0 Å². The van der Waals surface area contributed by atoms with Gasteiger partial charge in [-0.3, -0.25) is 9.59 Å². The molecule has 0 aromatic heterocycles. The van der Waals surface area contributed by atoms with Crippen LogP contribution in [0, 0.1) is 0 Å². The quantitative estimate of drug-likeness (QED) is 0.552. The van der Waals surface area contributed by atoms with E-state index in [2.05, 4.69) is 5.32 Å². The molecule has 0 saturated heterocycles. The predicted molar refractivity (Wildman–Crippen MR) is 108 cm³/mol. The maximum absolute atomic E-state index is 13.0. The zero-order chi connectivity index (χ0) is 20.2. The number of carbonyl (C=O) groups is 2. The van der Waals surface area contributed by atoms with Crippen LogP contribution in [-0.2, 0) is 22.7 Å². The number of hydrogen-bond donors (Lipinski definition) is 1. The van der Waals surface area contributed by atoms with Crippen LogP contribution in [0.2, 0.25) is 0 Å². The van der Waals surface area contributed by atoms with Gasteiger partial charge in [0.1, 0.15) is 0 Å². The molecule has 3 aromatic rings. The van der Waals surface area contributed by atoms with Gasteiger partial charge < -0.3 is 5.32 Å². The van der Waals surface area contributed by atoms with Crippen molar-refractivity contribution < 1.29 is 18.0 Å². The molecule has 5 rings (SSSR count). The van der Waals surface area contributed by atoms with E-state index < -0.39 is 15.7 Å². The molecule has 0 radical (unpaired) electrons. The second-order valence-corrected chi connectivity index (χ2v) is 9.22. The molecular weight excluding hydrogens is 386 g/mol. The summed E-state index contributed by atoms with van der Waals surface area (Å²) in [6, 6.07) is 16.2. The van der Waals surface area contributed by atoms with Gasteiger partial charge in [0.15, 0.2) is 5.78 Å². The lowest BCUT2D eigenvalue weighted by atomic mass is 10.0. The van der Waals surface area contributed by atoms with Crippen LogP contribution >= 0.6 is 0 Å². The summed E-state index contributed by atoms with van der Waals surface area (Å²) in [7, 11) is -3.87. The lowest BCUT2D eigenvalue weighted by molar-refractivity contribution is 0.101. The Hall–Kier alpha value is -3.25. The number of sulfone groups is 1. The molecule has 0 unspecified atom stereocenters. The van der Waals surface area contributed by atoms with Crippen molar-refractivity contribution in [1.29, 1.82) is 0 Å². The van der Waals surface area contributed by atoms with E-state index in [1.165, 1.54) is 41.5 Å². The topological polar surface area (TPSA) is 80.3 Å². The minimum absolute atomic E-state index is 0.0197. The van der Waals surface area contributed by atoms with Crippen LogP contribution in [0.5, 0.6) is 0 Å². The molecule has 5 nitrogen and oxygen atoms in total. The molecule has 0 bridgehead atoms. The van der Waals surface area contributed by atoms with Crippen LogP contribution in [0.3, 0.4) is 0 Å². The molecule has 1 amide bonds. The molecule has 29 heavy (non-hydrogen) atoms. The summed E-state index contributed by atoms with van der Waals surface area (Å²) < 4.78 is 26.0. The van der Waals surface area contributed by atoms with Gasteiger partial charge in [-0.15, -0.1) is 0 Å². The van der Waals surface area contributed by atoms with Gasteiger partial charge in [0.05, 0.1) is 9.79 Å². The van der Waals surface area contributed by atoms with Crippen LogP contribution in [-0.4, -0.2) is 20.1 Å². The first-order chi connectivity index (χ1) is 13.9. The number of ketones is 1. The summed E-state index contributed by atoms with van der Waals surface area (Å²) in [6.45, 7) is 0. The zero-order valence-electron chi connectivity index (χ0n) is 15.4. The summed E-state index contributed by atoms with van der Waals surface area (Å²) in [4.78, 5) is 25.3. The third kappa shape index (κ3) is 2.79. The molecule has 3 aromatic carbocycles. The highest BCUT2D eigenvalue weighted by molar-refractivity contribution is 7.91. The number of hydrogen-bond acceptors (Lipinski definition) is 4. The van der Waals surface area contributed by atoms with Gasteiger partial charge in [-0.1, -0.05) is 18.2 Å². The van der Waals surface area contributed by atoms with E-state index >= 15 is 0 Å². The Labute approximate surface area is 168 Å². The monoisotopic (exact) mass is 403 g/mol. The SMILES string of the molecule is O=C(Nc1ccc2c(c1)CCC2)c1ccc2c(c1)S(=O)(=O)c1ccccc1C2=O. The Kier molecular flexibility index (Phi) is 3.93. The van der Waals surface area contributed by atoms with Crippen molar-refractivity contribution in [2.75, 3.05) is 5.32 Å². The first-order valence-corrected chi connectivity index (χ1v) is 10.9. The second kappa shape index (κ2) is 6.39. The summed E-state index contributed by atoms with van der Waals surface area (Å²) in [5.74, 6) is -0.761. The van der Waals surface area contributed by atoms with Crippen LogP contribution in [0.4, 0.5) is 5.69 Å². The van der Waals surface area contributed by atoms with Gasteiger partial charge >= 0.3 is 0 Å². The van der Waals surface area contributed by atoms with E-state index in [0.29, 0.717) is 5.69 Å².